The number of carbonyl (C=O) groups is 2. The molecule has 1 aromatic heterocycles. The molecule has 1 unspecified atom stereocenters. The van der Waals surface area contributed by atoms with Crippen LogP contribution in [0, 0.1) is 0 Å². The molecule has 0 bridgehead atoms. The number of rotatable bonds is 3. The predicted octanol–water partition coefficient (Wildman–Crippen LogP) is 3.60. The van der Waals surface area contributed by atoms with Crippen LogP contribution < -0.4 is 5.32 Å². The summed E-state index contributed by atoms with van der Waals surface area (Å²) in [5, 5.41) is 1.58. The zero-order valence-electron chi connectivity index (χ0n) is 10.3. The molecule has 102 valence electrons. The number of halogens is 1. The third-order valence-electron chi connectivity index (χ3n) is 2.94. The summed E-state index contributed by atoms with van der Waals surface area (Å²) in [5.41, 5.74) is 0.971. The summed E-state index contributed by atoms with van der Waals surface area (Å²) in [6.07, 6.45) is 0.415. The van der Waals surface area contributed by atoms with Crippen LogP contribution in [0.4, 0.5) is 4.79 Å². The summed E-state index contributed by atoms with van der Waals surface area (Å²) < 4.78 is 6.74. The molecule has 1 aromatic carbocycles. The molecule has 2 amide bonds. The average molecular weight is 352 g/mol. The number of carbonyl (C=O) groups excluding carboxylic acids is 2. The molecule has 1 saturated heterocycles. The van der Waals surface area contributed by atoms with Gasteiger partial charge in [-0.3, -0.25) is 14.9 Å². The highest BCUT2D eigenvalue weighted by atomic mass is 79.9. The molecule has 0 aliphatic carbocycles. The third kappa shape index (κ3) is 2.81. The number of hydrogen-bond donors (Lipinski definition) is 1. The van der Waals surface area contributed by atoms with Crippen molar-refractivity contribution in [3.63, 3.8) is 0 Å². The van der Waals surface area contributed by atoms with E-state index >= 15 is 0 Å². The third-order valence-corrected chi connectivity index (χ3v) is 4.45. The van der Waals surface area contributed by atoms with Gasteiger partial charge in [-0.15, -0.1) is 0 Å². The van der Waals surface area contributed by atoms with Crippen LogP contribution in [-0.4, -0.2) is 16.4 Å². The van der Waals surface area contributed by atoms with E-state index in [1.54, 1.807) is 0 Å². The van der Waals surface area contributed by atoms with Crippen LogP contribution in [0.25, 0.3) is 11.3 Å². The molecule has 0 radical (unpaired) electrons. The van der Waals surface area contributed by atoms with Crippen LogP contribution in [0.15, 0.2) is 45.3 Å². The highest BCUT2D eigenvalue weighted by molar-refractivity contribution is 9.10. The molecule has 1 aliphatic heterocycles. The molecular formula is C14H10BrNO3S. The number of hydrogen-bond acceptors (Lipinski definition) is 4. The zero-order valence-corrected chi connectivity index (χ0v) is 12.7. The van der Waals surface area contributed by atoms with E-state index < -0.39 is 5.25 Å². The Balaban J connectivity index is 1.75. The van der Waals surface area contributed by atoms with Gasteiger partial charge in [0.15, 0.2) is 0 Å². The summed E-state index contributed by atoms with van der Waals surface area (Å²) in [4.78, 5) is 22.6. The predicted molar refractivity (Wildman–Crippen MR) is 80.5 cm³/mol. The van der Waals surface area contributed by atoms with Crippen molar-refractivity contribution in [1.82, 2.24) is 5.32 Å². The average Bonchev–Trinajstić information content (AvgIpc) is 2.98. The monoisotopic (exact) mass is 351 g/mol. The summed E-state index contributed by atoms with van der Waals surface area (Å²) in [6.45, 7) is 0. The first-order chi connectivity index (χ1) is 9.61. The van der Waals surface area contributed by atoms with E-state index in [2.05, 4.69) is 21.2 Å². The van der Waals surface area contributed by atoms with Gasteiger partial charge in [0.2, 0.25) is 5.91 Å². The Morgan fingerprint density at radius 2 is 1.90 bits per heavy atom. The number of thioether (sulfide) groups is 1. The van der Waals surface area contributed by atoms with Crippen molar-refractivity contribution in [2.45, 2.75) is 11.7 Å². The van der Waals surface area contributed by atoms with Crippen molar-refractivity contribution in [2.75, 3.05) is 0 Å². The van der Waals surface area contributed by atoms with Crippen LogP contribution >= 0.6 is 27.7 Å². The Morgan fingerprint density at radius 1 is 1.15 bits per heavy atom. The SMILES string of the molecule is O=C1NC(=O)C(Cc2ccc(-c3ccc(Br)cc3)o2)S1. The maximum Gasteiger partial charge on any atom is 0.286 e. The fraction of sp³-hybridized carbons (Fsp3) is 0.143. The summed E-state index contributed by atoms with van der Waals surface area (Å²) in [7, 11) is 0. The summed E-state index contributed by atoms with van der Waals surface area (Å²) in [6, 6.07) is 11.5. The fourth-order valence-electron chi connectivity index (χ4n) is 1.97. The summed E-state index contributed by atoms with van der Waals surface area (Å²) >= 11 is 4.39. The van der Waals surface area contributed by atoms with Crippen molar-refractivity contribution >= 4 is 38.8 Å². The van der Waals surface area contributed by atoms with Crippen LogP contribution in [0.1, 0.15) is 5.76 Å². The van der Waals surface area contributed by atoms with E-state index in [9.17, 15) is 9.59 Å². The molecule has 2 aromatic rings. The van der Waals surface area contributed by atoms with E-state index in [0.717, 1.165) is 27.6 Å². The maximum absolute atomic E-state index is 11.5. The van der Waals surface area contributed by atoms with Gasteiger partial charge in [0.25, 0.3) is 5.24 Å². The van der Waals surface area contributed by atoms with Crippen LogP contribution in [0.5, 0.6) is 0 Å². The van der Waals surface area contributed by atoms with Gasteiger partial charge in [0.1, 0.15) is 16.8 Å². The van der Waals surface area contributed by atoms with Gasteiger partial charge in [-0.05, 0) is 24.3 Å². The molecule has 1 fully saturated rings. The van der Waals surface area contributed by atoms with Crippen LogP contribution in [0.3, 0.4) is 0 Å². The van der Waals surface area contributed by atoms with E-state index in [-0.39, 0.29) is 11.1 Å². The maximum atomic E-state index is 11.5. The minimum absolute atomic E-state index is 0.249. The van der Waals surface area contributed by atoms with Gasteiger partial charge < -0.3 is 4.42 Å². The van der Waals surface area contributed by atoms with Gasteiger partial charge >= 0.3 is 0 Å². The lowest BCUT2D eigenvalue weighted by Crippen LogP contribution is -2.25. The Hall–Kier alpha value is -1.53. The van der Waals surface area contributed by atoms with E-state index in [4.69, 9.17) is 4.42 Å². The molecule has 4 nitrogen and oxygen atoms in total. The first-order valence-corrected chi connectivity index (χ1v) is 7.65. The molecule has 0 spiro atoms. The zero-order chi connectivity index (χ0) is 14.1. The number of imide groups is 1. The standard InChI is InChI=1S/C14H10BrNO3S/c15-9-3-1-8(2-4-9)11-6-5-10(19-11)7-12-13(17)16-14(18)20-12/h1-6,12H,7H2,(H,16,17,18). The van der Waals surface area contributed by atoms with Gasteiger partial charge in [0.05, 0.1) is 0 Å². The molecule has 0 saturated carbocycles. The lowest BCUT2D eigenvalue weighted by Gasteiger charge is -2.02. The minimum atomic E-state index is -0.397. The van der Waals surface area contributed by atoms with E-state index in [1.807, 2.05) is 36.4 Å². The second-order valence-corrected chi connectivity index (χ2v) is 6.45. The molecule has 2 heterocycles. The number of benzene rings is 1. The molecule has 20 heavy (non-hydrogen) atoms. The van der Waals surface area contributed by atoms with Crippen LogP contribution in [0.2, 0.25) is 0 Å². The number of nitrogens with one attached hydrogen (secondary N) is 1. The highest BCUT2D eigenvalue weighted by Gasteiger charge is 2.32. The van der Waals surface area contributed by atoms with Gasteiger partial charge in [0, 0.05) is 16.5 Å². The topological polar surface area (TPSA) is 59.3 Å². The molecular weight excluding hydrogens is 342 g/mol. The Labute approximate surface area is 128 Å². The van der Waals surface area contributed by atoms with E-state index in [1.165, 1.54) is 0 Å². The van der Waals surface area contributed by atoms with Crippen molar-refractivity contribution in [3.8, 4) is 11.3 Å². The largest absolute Gasteiger partial charge is 0.461 e. The van der Waals surface area contributed by atoms with E-state index in [0.29, 0.717) is 12.2 Å². The smallest absolute Gasteiger partial charge is 0.286 e. The lowest BCUT2D eigenvalue weighted by atomic mass is 10.2. The molecule has 1 atom stereocenters. The number of furan rings is 1. The van der Waals surface area contributed by atoms with Gasteiger partial charge in [-0.2, -0.15) is 0 Å². The normalized spacial score (nSPS) is 18.4. The minimum Gasteiger partial charge on any atom is -0.461 e. The molecule has 6 heteroatoms. The lowest BCUT2D eigenvalue weighted by molar-refractivity contribution is -0.119. The second-order valence-electron chi connectivity index (χ2n) is 4.36. The van der Waals surface area contributed by atoms with Crippen molar-refractivity contribution in [2.24, 2.45) is 0 Å². The first-order valence-electron chi connectivity index (χ1n) is 5.98. The fourth-order valence-corrected chi connectivity index (χ4v) is 3.06. The van der Waals surface area contributed by atoms with Gasteiger partial charge in [-0.25, -0.2) is 0 Å². The molecule has 1 N–H and O–H groups in total. The second kappa shape index (κ2) is 5.46. The van der Waals surface area contributed by atoms with Crippen molar-refractivity contribution in [1.29, 1.82) is 0 Å². The Bertz CT molecular complexity index is 665. The Morgan fingerprint density at radius 3 is 2.55 bits per heavy atom. The van der Waals surface area contributed by atoms with Crippen LogP contribution in [-0.2, 0) is 11.2 Å². The molecule has 3 rings (SSSR count). The van der Waals surface area contributed by atoms with Crippen molar-refractivity contribution in [3.05, 3.63) is 46.6 Å². The highest BCUT2D eigenvalue weighted by Crippen LogP contribution is 2.27. The Kier molecular flexibility index (Phi) is 3.67. The molecule has 1 aliphatic rings. The van der Waals surface area contributed by atoms with Crippen molar-refractivity contribution < 1.29 is 14.0 Å². The summed E-state index contributed by atoms with van der Waals surface area (Å²) in [5.74, 6) is 1.20. The first kappa shape index (κ1) is 13.5. The van der Waals surface area contributed by atoms with Gasteiger partial charge in [-0.1, -0.05) is 39.8 Å². The quantitative estimate of drug-likeness (QED) is 0.917. The number of amides is 2.